The van der Waals surface area contributed by atoms with Crippen molar-refractivity contribution in [2.75, 3.05) is 25.2 Å². The average molecular weight is 516 g/mol. The van der Waals surface area contributed by atoms with Crippen molar-refractivity contribution >= 4 is 41.9 Å². The molecule has 4 atom stereocenters. The summed E-state index contributed by atoms with van der Waals surface area (Å²) in [5.74, 6) is -0.822. The number of rotatable bonds is 8. The topological polar surface area (TPSA) is 76.1 Å². The molecule has 1 N–H and O–H groups in total. The summed E-state index contributed by atoms with van der Waals surface area (Å²) < 4.78 is 27.3. The van der Waals surface area contributed by atoms with Crippen molar-refractivity contribution < 1.29 is 28.3 Å². The number of carbonyl (C=O) groups is 2. The van der Waals surface area contributed by atoms with E-state index in [0.717, 1.165) is 15.7 Å². The number of carbonyl (C=O) groups excluding carboxylic acids is 2. The number of halogens is 2. The fourth-order valence-corrected chi connectivity index (χ4v) is 8.18. The monoisotopic (exact) mass is 515 g/mol. The van der Waals surface area contributed by atoms with Crippen LogP contribution in [-0.2, 0) is 24.7 Å². The predicted molar refractivity (Wildman–Crippen MR) is 122 cm³/mol. The number of fused-ring (bicyclic) bond motifs is 2. The molecule has 1 aromatic rings. The van der Waals surface area contributed by atoms with Crippen molar-refractivity contribution in [3.05, 3.63) is 28.2 Å². The lowest BCUT2D eigenvalue weighted by molar-refractivity contribution is -0.146. The number of anilines is 1. The highest BCUT2D eigenvalue weighted by molar-refractivity contribution is 9.10. The van der Waals surface area contributed by atoms with Crippen LogP contribution in [0.1, 0.15) is 38.2 Å². The number of methoxy groups -OCH3 is 1. The lowest BCUT2D eigenvalue weighted by Crippen LogP contribution is -2.45. The number of ether oxygens (including phenoxy) is 2. The second-order valence-electron chi connectivity index (χ2n) is 8.93. The molecule has 0 aliphatic carbocycles. The SMILES string of the molecule is COC(=O)CCCCN1C(=O)[C@@]2(O[C@@H](CCO)[C@H]([Si](C)(C)F)[C@H]2C)c2cc(Br)ccc21. The van der Waals surface area contributed by atoms with Gasteiger partial charge in [0, 0.05) is 41.1 Å². The summed E-state index contributed by atoms with van der Waals surface area (Å²) in [4.78, 5) is 27.0. The van der Waals surface area contributed by atoms with E-state index >= 15 is 4.11 Å². The molecule has 0 bridgehead atoms. The molecular weight excluding hydrogens is 485 g/mol. The predicted octanol–water partition coefficient (Wildman–Crippen LogP) is 4.30. The molecule has 6 nitrogen and oxygen atoms in total. The van der Waals surface area contributed by atoms with Crippen molar-refractivity contribution in [1.29, 1.82) is 0 Å². The molecule has 3 rings (SSSR count). The van der Waals surface area contributed by atoms with Gasteiger partial charge < -0.3 is 23.6 Å². The Morgan fingerprint density at radius 3 is 2.71 bits per heavy atom. The van der Waals surface area contributed by atoms with Gasteiger partial charge in [0.05, 0.1) is 18.9 Å². The molecule has 0 saturated carbocycles. The number of esters is 1. The molecular formula is C22H31BrFNO5Si. The van der Waals surface area contributed by atoms with Crippen LogP contribution in [-0.4, -0.2) is 51.8 Å². The van der Waals surface area contributed by atoms with Crippen molar-refractivity contribution in [2.24, 2.45) is 5.92 Å². The Morgan fingerprint density at radius 1 is 1.39 bits per heavy atom. The molecule has 1 aromatic carbocycles. The van der Waals surface area contributed by atoms with Crippen LogP contribution < -0.4 is 4.90 Å². The quantitative estimate of drug-likeness (QED) is 0.242. The van der Waals surface area contributed by atoms with Crippen LogP contribution in [0.2, 0.25) is 18.6 Å². The number of aliphatic hydroxyl groups is 1. The third-order valence-corrected chi connectivity index (χ3v) is 9.53. The van der Waals surface area contributed by atoms with E-state index in [2.05, 4.69) is 20.7 Å². The van der Waals surface area contributed by atoms with E-state index in [-0.39, 0.29) is 24.4 Å². The van der Waals surface area contributed by atoms with E-state index < -0.39 is 25.7 Å². The Hall–Kier alpha value is -1.29. The maximum Gasteiger partial charge on any atom is 0.305 e. The van der Waals surface area contributed by atoms with Gasteiger partial charge in [-0.1, -0.05) is 22.9 Å². The molecule has 1 saturated heterocycles. The Morgan fingerprint density at radius 2 is 2.10 bits per heavy atom. The maximum absolute atomic E-state index is 15.4. The highest BCUT2D eigenvalue weighted by atomic mass is 79.9. The van der Waals surface area contributed by atoms with Gasteiger partial charge in [0.15, 0.2) is 5.60 Å². The molecule has 0 aromatic heterocycles. The third-order valence-electron chi connectivity index (χ3n) is 6.58. The Balaban J connectivity index is 1.96. The lowest BCUT2D eigenvalue weighted by Gasteiger charge is -2.31. The second-order valence-corrected chi connectivity index (χ2v) is 13.6. The van der Waals surface area contributed by atoms with Crippen LogP contribution >= 0.6 is 15.9 Å². The first-order chi connectivity index (χ1) is 14.6. The van der Waals surface area contributed by atoms with Gasteiger partial charge in [0.1, 0.15) is 0 Å². The zero-order valence-corrected chi connectivity index (χ0v) is 21.1. The summed E-state index contributed by atoms with van der Waals surface area (Å²) >= 11 is 3.50. The third kappa shape index (κ3) is 4.34. The molecule has 172 valence electrons. The van der Waals surface area contributed by atoms with Gasteiger partial charge in [-0.15, -0.1) is 0 Å². The largest absolute Gasteiger partial charge is 0.469 e. The summed E-state index contributed by atoms with van der Waals surface area (Å²) in [6.45, 7) is 5.51. The Bertz CT molecular complexity index is 848. The lowest BCUT2D eigenvalue weighted by atomic mass is 9.82. The summed E-state index contributed by atoms with van der Waals surface area (Å²) in [5, 5.41) is 9.57. The van der Waals surface area contributed by atoms with Crippen LogP contribution in [0.25, 0.3) is 0 Å². The number of aliphatic hydroxyl groups excluding tert-OH is 1. The van der Waals surface area contributed by atoms with Gasteiger partial charge in [0.2, 0.25) is 8.41 Å². The van der Waals surface area contributed by atoms with Gasteiger partial charge in [0.25, 0.3) is 5.91 Å². The molecule has 1 spiro atoms. The van der Waals surface area contributed by atoms with Crippen molar-refractivity contribution in [2.45, 2.75) is 62.9 Å². The first kappa shape index (κ1) is 24.4. The number of hydrogen-bond donors (Lipinski definition) is 1. The van der Waals surface area contributed by atoms with Gasteiger partial charge in [-0.2, -0.15) is 0 Å². The van der Waals surface area contributed by atoms with Crippen molar-refractivity contribution in [3.63, 3.8) is 0 Å². The van der Waals surface area contributed by atoms with Gasteiger partial charge in [-0.05, 0) is 50.6 Å². The van der Waals surface area contributed by atoms with Crippen LogP contribution in [0.15, 0.2) is 22.7 Å². The van der Waals surface area contributed by atoms with E-state index in [4.69, 9.17) is 4.74 Å². The molecule has 31 heavy (non-hydrogen) atoms. The molecule has 2 aliphatic heterocycles. The average Bonchev–Trinajstić information content (AvgIpc) is 3.12. The van der Waals surface area contributed by atoms with Crippen LogP contribution in [0, 0.1) is 5.92 Å². The minimum absolute atomic E-state index is 0.120. The summed E-state index contributed by atoms with van der Waals surface area (Å²) in [5.41, 5.74) is -0.159. The Kier molecular flexibility index (Phi) is 7.30. The molecule has 0 radical (unpaired) electrons. The van der Waals surface area contributed by atoms with E-state index in [1.165, 1.54) is 7.11 Å². The molecule has 0 unspecified atom stereocenters. The minimum Gasteiger partial charge on any atom is -0.469 e. The fourth-order valence-electron chi connectivity index (χ4n) is 5.28. The standard InChI is InChI=1S/C22H31BrFNO5Si/c1-14-20(31(3,4)24)18(10-12-26)30-22(14)16-13-15(23)8-9-17(16)25(21(22)28)11-6-5-7-19(27)29-2/h8-9,13-14,18,20,26H,5-7,10-12H2,1-4H3/t14-,18+,20-,22+/m1/s1. The zero-order valence-electron chi connectivity index (χ0n) is 18.5. The fraction of sp³-hybridized carbons (Fsp3) is 0.636. The minimum atomic E-state index is -3.19. The number of unbranched alkanes of at least 4 members (excludes halogenated alkanes) is 1. The normalized spacial score (nSPS) is 27.8. The van der Waals surface area contributed by atoms with E-state index in [0.29, 0.717) is 32.2 Å². The van der Waals surface area contributed by atoms with Gasteiger partial charge in [-0.3, -0.25) is 9.59 Å². The first-order valence-corrected chi connectivity index (χ1v) is 14.5. The van der Waals surface area contributed by atoms with Crippen LogP contribution in [0.4, 0.5) is 9.80 Å². The van der Waals surface area contributed by atoms with Crippen LogP contribution in [0.5, 0.6) is 0 Å². The van der Waals surface area contributed by atoms with Crippen LogP contribution in [0.3, 0.4) is 0 Å². The van der Waals surface area contributed by atoms with Gasteiger partial charge >= 0.3 is 5.97 Å². The zero-order chi connectivity index (χ0) is 23.0. The van der Waals surface area contributed by atoms with Crippen molar-refractivity contribution in [3.8, 4) is 0 Å². The highest BCUT2D eigenvalue weighted by Gasteiger charge is 2.66. The molecule has 9 heteroatoms. The summed E-state index contributed by atoms with van der Waals surface area (Å²) in [6, 6.07) is 5.65. The smallest absolute Gasteiger partial charge is 0.305 e. The Labute approximate surface area is 192 Å². The molecule has 1 amide bonds. The van der Waals surface area contributed by atoms with Crippen molar-refractivity contribution in [1.82, 2.24) is 0 Å². The van der Waals surface area contributed by atoms with E-state index in [1.807, 2.05) is 25.1 Å². The molecule has 2 aliphatic rings. The summed E-state index contributed by atoms with van der Waals surface area (Å²) in [6.07, 6.45) is 1.32. The maximum atomic E-state index is 15.4. The summed E-state index contributed by atoms with van der Waals surface area (Å²) in [7, 11) is -1.83. The molecule has 1 fully saturated rings. The second kappa shape index (κ2) is 9.29. The number of nitrogens with zero attached hydrogens (tertiary/aromatic N) is 1. The van der Waals surface area contributed by atoms with E-state index in [1.54, 1.807) is 18.0 Å². The highest BCUT2D eigenvalue weighted by Crippen LogP contribution is 2.60. The number of amides is 1. The number of hydrogen-bond acceptors (Lipinski definition) is 5. The van der Waals surface area contributed by atoms with E-state index in [9.17, 15) is 14.7 Å². The first-order valence-electron chi connectivity index (χ1n) is 10.7. The molecule has 2 heterocycles. The van der Waals surface area contributed by atoms with Gasteiger partial charge in [-0.25, -0.2) is 0 Å². The number of benzene rings is 1.